The van der Waals surface area contributed by atoms with Crippen LogP contribution in [0.4, 0.5) is 0 Å². The Morgan fingerprint density at radius 2 is 2.00 bits per heavy atom. The summed E-state index contributed by atoms with van der Waals surface area (Å²) in [6, 6.07) is 9.29. The molecule has 5 heteroatoms. The Hall–Kier alpha value is -2.14. The average Bonchev–Trinajstić information content (AvgIpc) is 2.36. The van der Waals surface area contributed by atoms with Gasteiger partial charge in [0.05, 0.1) is 5.52 Å². The van der Waals surface area contributed by atoms with E-state index < -0.39 is 5.91 Å². The van der Waals surface area contributed by atoms with E-state index in [2.05, 4.69) is 0 Å². The van der Waals surface area contributed by atoms with Gasteiger partial charge < -0.3 is 16.0 Å². The van der Waals surface area contributed by atoms with Crippen molar-refractivity contribution in [2.75, 3.05) is 0 Å². The summed E-state index contributed by atoms with van der Waals surface area (Å²) >= 11 is 0. The summed E-state index contributed by atoms with van der Waals surface area (Å²) in [6.07, 6.45) is 0.137. The number of benzene rings is 1. The van der Waals surface area contributed by atoms with Crippen LogP contribution >= 0.6 is 0 Å². The zero-order valence-corrected chi connectivity index (χ0v) is 9.93. The zero-order valence-electron chi connectivity index (χ0n) is 9.93. The molecule has 1 aromatic carbocycles. The van der Waals surface area contributed by atoms with E-state index in [1.54, 1.807) is 10.6 Å². The van der Waals surface area contributed by atoms with Crippen LogP contribution < -0.4 is 17.0 Å². The van der Waals surface area contributed by atoms with Crippen LogP contribution in [0.15, 0.2) is 35.1 Å². The molecule has 0 aliphatic heterocycles. The Balaban J connectivity index is 2.63. The number of carbonyl (C=O) groups excluding carboxylic acids is 1. The predicted molar refractivity (Wildman–Crippen MR) is 69.9 cm³/mol. The van der Waals surface area contributed by atoms with Crippen molar-refractivity contribution in [2.45, 2.75) is 19.5 Å². The maximum absolute atomic E-state index is 12.2. The number of hydrogen-bond donors (Lipinski definition) is 2. The van der Waals surface area contributed by atoms with Gasteiger partial charge in [0.25, 0.3) is 5.56 Å². The van der Waals surface area contributed by atoms with E-state index in [1.165, 1.54) is 0 Å². The quantitative estimate of drug-likeness (QED) is 0.813. The van der Waals surface area contributed by atoms with Gasteiger partial charge in [-0.2, -0.15) is 0 Å². The average molecular weight is 245 g/mol. The first-order valence-corrected chi connectivity index (χ1v) is 5.73. The van der Waals surface area contributed by atoms with E-state index in [0.717, 1.165) is 10.9 Å². The molecule has 0 aliphatic rings. The van der Waals surface area contributed by atoms with E-state index in [1.807, 2.05) is 24.3 Å². The fourth-order valence-corrected chi connectivity index (χ4v) is 1.98. The first kappa shape index (κ1) is 12.3. The molecule has 1 heterocycles. The van der Waals surface area contributed by atoms with Crippen LogP contribution in [0.25, 0.3) is 10.9 Å². The van der Waals surface area contributed by atoms with E-state index in [-0.39, 0.29) is 25.1 Å². The Morgan fingerprint density at radius 1 is 1.28 bits per heavy atom. The normalized spacial score (nSPS) is 10.7. The van der Waals surface area contributed by atoms with Gasteiger partial charge in [-0.3, -0.25) is 9.59 Å². The lowest BCUT2D eigenvalue weighted by Gasteiger charge is -2.11. The van der Waals surface area contributed by atoms with Crippen molar-refractivity contribution < 1.29 is 4.79 Å². The molecule has 0 bridgehead atoms. The number of rotatable bonds is 4. The number of aromatic nitrogens is 1. The Kier molecular flexibility index (Phi) is 3.43. The number of hydrogen-bond acceptors (Lipinski definition) is 3. The summed E-state index contributed by atoms with van der Waals surface area (Å²) in [4.78, 5) is 23.0. The molecule has 0 atom stereocenters. The second kappa shape index (κ2) is 5.01. The van der Waals surface area contributed by atoms with Crippen LogP contribution in [0, 0.1) is 0 Å². The molecule has 0 spiro atoms. The predicted octanol–water partition coefficient (Wildman–Crippen LogP) is 0.336. The van der Waals surface area contributed by atoms with Gasteiger partial charge in [0.15, 0.2) is 0 Å². The Labute approximate surface area is 104 Å². The largest absolute Gasteiger partial charge is 0.370 e. The summed E-state index contributed by atoms with van der Waals surface area (Å²) in [5.74, 6) is -0.427. The third-order valence-corrected chi connectivity index (χ3v) is 2.88. The molecular formula is C13H15N3O2. The third-order valence-electron chi connectivity index (χ3n) is 2.88. The molecule has 0 saturated carbocycles. The number of amides is 1. The van der Waals surface area contributed by atoms with Crippen LogP contribution in [0.2, 0.25) is 0 Å². The van der Waals surface area contributed by atoms with Gasteiger partial charge in [0.1, 0.15) is 0 Å². The molecule has 0 radical (unpaired) electrons. The van der Waals surface area contributed by atoms with Crippen molar-refractivity contribution >= 4 is 16.8 Å². The lowest BCUT2D eigenvalue weighted by atomic mass is 10.1. The van der Waals surface area contributed by atoms with Gasteiger partial charge in [0.2, 0.25) is 5.91 Å². The highest BCUT2D eigenvalue weighted by Crippen LogP contribution is 2.13. The molecule has 2 aromatic rings. The molecule has 0 fully saturated rings. The van der Waals surface area contributed by atoms with Crippen molar-refractivity contribution in [3.63, 3.8) is 0 Å². The summed E-state index contributed by atoms with van der Waals surface area (Å²) in [5, 5.41) is 0.932. The van der Waals surface area contributed by atoms with Crippen molar-refractivity contribution in [1.82, 2.24) is 4.57 Å². The number of para-hydroxylation sites is 1. The maximum Gasteiger partial charge on any atom is 0.255 e. The lowest BCUT2D eigenvalue weighted by Crippen LogP contribution is -2.27. The fourth-order valence-electron chi connectivity index (χ4n) is 1.98. The Bertz CT molecular complexity index is 646. The van der Waals surface area contributed by atoms with Crippen LogP contribution in [-0.2, 0) is 17.9 Å². The topological polar surface area (TPSA) is 91.1 Å². The number of fused-ring (bicyclic) bond motifs is 1. The van der Waals surface area contributed by atoms with Crippen LogP contribution in [-0.4, -0.2) is 10.5 Å². The number of nitrogens with two attached hydrogens (primary N) is 2. The van der Waals surface area contributed by atoms with Gasteiger partial charge in [-0.25, -0.2) is 0 Å². The summed E-state index contributed by atoms with van der Waals surface area (Å²) in [5.41, 5.74) is 11.9. The highest BCUT2D eigenvalue weighted by atomic mass is 16.1. The third kappa shape index (κ3) is 2.26. The molecule has 0 aliphatic carbocycles. The summed E-state index contributed by atoms with van der Waals surface area (Å²) in [6.45, 7) is 0.461. The zero-order chi connectivity index (χ0) is 13.1. The van der Waals surface area contributed by atoms with E-state index >= 15 is 0 Å². The molecule has 4 N–H and O–H groups in total. The molecule has 5 nitrogen and oxygen atoms in total. The molecule has 1 amide bonds. The van der Waals surface area contributed by atoms with Crippen molar-refractivity contribution in [1.29, 1.82) is 0 Å². The minimum absolute atomic E-state index is 0.137. The second-order valence-electron chi connectivity index (χ2n) is 4.11. The van der Waals surface area contributed by atoms with E-state index in [4.69, 9.17) is 11.5 Å². The number of pyridine rings is 1. The Morgan fingerprint density at radius 3 is 2.67 bits per heavy atom. The van der Waals surface area contributed by atoms with Gasteiger partial charge in [0, 0.05) is 25.1 Å². The van der Waals surface area contributed by atoms with Crippen molar-refractivity contribution in [3.8, 4) is 0 Å². The molecule has 94 valence electrons. The molecule has 0 saturated heterocycles. The lowest BCUT2D eigenvalue weighted by molar-refractivity contribution is -0.118. The first-order valence-electron chi connectivity index (χ1n) is 5.73. The van der Waals surface area contributed by atoms with Crippen LogP contribution in [0.5, 0.6) is 0 Å². The van der Waals surface area contributed by atoms with Crippen LogP contribution in [0.3, 0.4) is 0 Å². The van der Waals surface area contributed by atoms with E-state index in [0.29, 0.717) is 5.56 Å². The van der Waals surface area contributed by atoms with Gasteiger partial charge in [-0.05, 0) is 17.5 Å². The highest BCUT2D eigenvalue weighted by molar-refractivity contribution is 5.80. The smallest absolute Gasteiger partial charge is 0.255 e. The standard InChI is InChI=1S/C13H15N3O2/c14-8-10-7-9-3-1-2-4-11(9)16(13(10)18)6-5-12(15)17/h1-4,7H,5-6,8,14H2,(H2,15,17). The number of aryl methyl sites for hydroxylation is 1. The van der Waals surface area contributed by atoms with Crippen molar-refractivity contribution in [2.24, 2.45) is 11.5 Å². The van der Waals surface area contributed by atoms with Gasteiger partial charge in [-0.15, -0.1) is 0 Å². The number of nitrogens with zero attached hydrogens (tertiary/aromatic N) is 1. The first-order chi connectivity index (χ1) is 8.63. The van der Waals surface area contributed by atoms with Crippen molar-refractivity contribution in [3.05, 3.63) is 46.2 Å². The maximum atomic E-state index is 12.2. The summed E-state index contributed by atoms with van der Waals surface area (Å²) in [7, 11) is 0. The monoisotopic (exact) mass is 245 g/mol. The van der Waals surface area contributed by atoms with Gasteiger partial charge >= 0.3 is 0 Å². The fraction of sp³-hybridized carbons (Fsp3) is 0.231. The molecule has 18 heavy (non-hydrogen) atoms. The highest BCUT2D eigenvalue weighted by Gasteiger charge is 2.08. The minimum atomic E-state index is -0.427. The van der Waals surface area contributed by atoms with Gasteiger partial charge in [-0.1, -0.05) is 18.2 Å². The second-order valence-corrected chi connectivity index (χ2v) is 4.11. The minimum Gasteiger partial charge on any atom is -0.370 e. The molecular weight excluding hydrogens is 230 g/mol. The molecule has 0 unspecified atom stereocenters. The number of primary amides is 1. The summed E-state index contributed by atoms with van der Waals surface area (Å²) < 4.78 is 1.56. The van der Waals surface area contributed by atoms with E-state index in [9.17, 15) is 9.59 Å². The SMILES string of the molecule is NCc1cc2ccccc2n(CCC(N)=O)c1=O. The number of carbonyl (C=O) groups is 1. The molecule has 2 rings (SSSR count). The van der Waals surface area contributed by atoms with Crippen LogP contribution in [0.1, 0.15) is 12.0 Å². The molecule has 1 aromatic heterocycles.